The Hall–Kier alpha value is -1.22. The van der Waals surface area contributed by atoms with E-state index in [0.29, 0.717) is 12.5 Å². The van der Waals surface area contributed by atoms with Crippen LogP contribution < -0.4 is 15.2 Å². The van der Waals surface area contributed by atoms with Crippen LogP contribution in [0, 0.1) is 6.92 Å². The van der Waals surface area contributed by atoms with E-state index in [1.807, 2.05) is 19.1 Å². The minimum absolute atomic E-state index is 0.314. The molecule has 1 atom stereocenters. The molecule has 0 aliphatic rings. The fourth-order valence-corrected chi connectivity index (χ4v) is 1.65. The summed E-state index contributed by atoms with van der Waals surface area (Å²) in [5.41, 5.74) is 8.00. The summed E-state index contributed by atoms with van der Waals surface area (Å²) in [5, 5.41) is 0. The van der Waals surface area contributed by atoms with Gasteiger partial charge in [-0.05, 0) is 36.6 Å². The van der Waals surface area contributed by atoms with Crippen molar-refractivity contribution in [2.24, 2.45) is 5.73 Å². The van der Waals surface area contributed by atoms with Crippen LogP contribution in [-0.4, -0.2) is 20.8 Å². The highest BCUT2D eigenvalue weighted by Crippen LogP contribution is 2.31. The molecule has 0 amide bonds. The molecule has 1 aromatic rings. The number of rotatable bonds is 4. The molecule has 0 saturated heterocycles. The van der Waals surface area contributed by atoms with Gasteiger partial charge in [-0.2, -0.15) is 0 Å². The Morgan fingerprint density at radius 3 is 2.40 bits per heavy atom. The molecule has 0 aliphatic carbocycles. The molecule has 0 aliphatic heterocycles. The Morgan fingerprint density at radius 2 is 1.93 bits per heavy atom. The van der Waals surface area contributed by atoms with Gasteiger partial charge in [-0.25, -0.2) is 0 Å². The lowest BCUT2D eigenvalue weighted by Gasteiger charge is -2.16. The van der Waals surface area contributed by atoms with E-state index in [2.05, 4.69) is 6.92 Å². The van der Waals surface area contributed by atoms with Crippen LogP contribution in [0.15, 0.2) is 12.1 Å². The van der Waals surface area contributed by atoms with Crippen molar-refractivity contribution in [3.63, 3.8) is 0 Å². The molecule has 84 valence electrons. The first-order chi connectivity index (χ1) is 7.13. The fraction of sp³-hybridized carbons (Fsp3) is 0.500. The first kappa shape index (κ1) is 11.9. The van der Waals surface area contributed by atoms with Crippen LogP contribution in [0.3, 0.4) is 0 Å². The lowest BCUT2D eigenvalue weighted by molar-refractivity contribution is 0.390. The van der Waals surface area contributed by atoms with E-state index < -0.39 is 0 Å². The number of methoxy groups -OCH3 is 2. The standard InChI is InChI=1S/C12H19NO2/c1-8(7-13)11-5-10(14-3)6-12(15-4)9(11)2/h5-6,8H,7,13H2,1-4H3. The molecule has 15 heavy (non-hydrogen) atoms. The molecule has 0 heterocycles. The largest absolute Gasteiger partial charge is 0.497 e. The van der Waals surface area contributed by atoms with Gasteiger partial charge in [-0.3, -0.25) is 0 Å². The van der Waals surface area contributed by atoms with Crippen LogP contribution in [0.4, 0.5) is 0 Å². The number of hydrogen-bond acceptors (Lipinski definition) is 3. The second-order valence-corrected chi connectivity index (χ2v) is 3.68. The van der Waals surface area contributed by atoms with Crippen molar-refractivity contribution in [3.8, 4) is 11.5 Å². The Labute approximate surface area is 91.2 Å². The van der Waals surface area contributed by atoms with E-state index in [0.717, 1.165) is 17.1 Å². The molecule has 1 unspecified atom stereocenters. The summed E-state index contributed by atoms with van der Waals surface area (Å²) in [6.45, 7) is 4.76. The third-order valence-corrected chi connectivity index (χ3v) is 2.71. The maximum Gasteiger partial charge on any atom is 0.125 e. The molecule has 0 bridgehead atoms. The van der Waals surface area contributed by atoms with Gasteiger partial charge in [0.2, 0.25) is 0 Å². The molecule has 0 aromatic heterocycles. The quantitative estimate of drug-likeness (QED) is 0.825. The number of ether oxygens (including phenoxy) is 2. The van der Waals surface area contributed by atoms with E-state index in [4.69, 9.17) is 15.2 Å². The molecule has 0 saturated carbocycles. The zero-order chi connectivity index (χ0) is 11.4. The second kappa shape index (κ2) is 5.03. The highest BCUT2D eigenvalue weighted by Gasteiger charge is 2.12. The zero-order valence-electron chi connectivity index (χ0n) is 9.83. The maximum absolute atomic E-state index is 5.67. The summed E-state index contributed by atoms with van der Waals surface area (Å²) >= 11 is 0. The summed E-state index contributed by atoms with van der Waals surface area (Å²) in [6.07, 6.45) is 0. The Balaban J connectivity index is 3.23. The van der Waals surface area contributed by atoms with Crippen molar-refractivity contribution in [1.29, 1.82) is 0 Å². The van der Waals surface area contributed by atoms with Crippen LogP contribution in [0.1, 0.15) is 24.0 Å². The average Bonchev–Trinajstić information content (AvgIpc) is 2.28. The topological polar surface area (TPSA) is 44.5 Å². The fourth-order valence-electron chi connectivity index (χ4n) is 1.65. The van der Waals surface area contributed by atoms with E-state index in [9.17, 15) is 0 Å². The molecule has 1 rings (SSSR count). The van der Waals surface area contributed by atoms with Crippen LogP contribution >= 0.6 is 0 Å². The smallest absolute Gasteiger partial charge is 0.125 e. The van der Waals surface area contributed by atoms with Crippen LogP contribution in [0.25, 0.3) is 0 Å². The zero-order valence-corrected chi connectivity index (χ0v) is 9.83. The Morgan fingerprint density at radius 1 is 1.27 bits per heavy atom. The average molecular weight is 209 g/mol. The molecular weight excluding hydrogens is 190 g/mol. The minimum Gasteiger partial charge on any atom is -0.497 e. The molecule has 0 spiro atoms. The number of benzene rings is 1. The monoisotopic (exact) mass is 209 g/mol. The Bertz CT molecular complexity index is 337. The van der Waals surface area contributed by atoms with Gasteiger partial charge in [0.05, 0.1) is 14.2 Å². The van der Waals surface area contributed by atoms with Gasteiger partial charge in [-0.15, -0.1) is 0 Å². The molecule has 2 N–H and O–H groups in total. The first-order valence-electron chi connectivity index (χ1n) is 5.06. The molecule has 3 heteroatoms. The third-order valence-electron chi connectivity index (χ3n) is 2.71. The van der Waals surface area contributed by atoms with Crippen molar-refractivity contribution in [1.82, 2.24) is 0 Å². The summed E-state index contributed by atoms with van der Waals surface area (Å²) < 4.78 is 10.5. The van der Waals surface area contributed by atoms with Crippen molar-refractivity contribution in [3.05, 3.63) is 23.3 Å². The summed E-state index contributed by atoms with van der Waals surface area (Å²) in [7, 11) is 3.32. The lowest BCUT2D eigenvalue weighted by atomic mass is 9.95. The van der Waals surface area contributed by atoms with Crippen LogP contribution in [0.5, 0.6) is 11.5 Å². The van der Waals surface area contributed by atoms with E-state index in [1.54, 1.807) is 14.2 Å². The van der Waals surface area contributed by atoms with Gasteiger partial charge < -0.3 is 15.2 Å². The lowest BCUT2D eigenvalue weighted by Crippen LogP contribution is -2.10. The molecular formula is C12H19NO2. The second-order valence-electron chi connectivity index (χ2n) is 3.68. The van der Waals surface area contributed by atoms with Gasteiger partial charge in [0.25, 0.3) is 0 Å². The SMILES string of the molecule is COc1cc(OC)c(C)c(C(C)CN)c1. The van der Waals surface area contributed by atoms with Gasteiger partial charge in [0, 0.05) is 6.07 Å². The molecule has 3 nitrogen and oxygen atoms in total. The molecule has 1 aromatic carbocycles. The van der Waals surface area contributed by atoms with Gasteiger partial charge >= 0.3 is 0 Å². The van der Waals surface area contributed by atoms with Gasteiger partial charge in [0.15, 0.2) is 0 Å². The molecule has 0 fully saturated rings. The number of nitrogens with two attached hydrogens (primary N) is 1. The van der Waals surface area contributed by atoms with Crippen LogP contribution in [0.2, 0.25) is 0 Å². The highest BCUT2D eigenvalue weighted by molar-refractivity contribution is 5.47. The van der Waals surface area contributed by atoms with E-state index in [-0.39, 0.29) is 0 Å². The predicted molar refractivity (Wildman–Crippen MR) is 61.8 cm³/mol. The van der Waals surface area contributed by atoms with Crippen molar-refractivity contribution < 1.29 is 9.47 Å². The van der Waals surface area contributed by atoms with E-state index in [1.165, 1.54) is 5.56 Å². The van der Waals surface area contributed by atoms with Gasteiger partial charge in [0.1, 0.15) is 11.5 Å². The highest BCUT2D eigenvalue weighted by atomic mass is 16.5. The van der Waals surface area contributed by atoms with Crippen molar-refractivity contribution in [2.45, 2.75) is 19.8 Å². The normalized spacial score (nSPS) is 12.3. The Kier molecular flexibility index (Phi) is 3.97. The predicted octanol–water partition coefficient (Wildman–Crippen LogP) is 2.07. The van der Waals surface area contributed by atoms with Crippen molar-refractivity contribution >= 4 is 0 Å². The van der Waals surface area contributed by atoms with Crippen LogP contribution in [-0.2, 0) is 0 Å². The van der Waals surface area contributed by atoms with Crippen molar-refractivity contribution in [2.75, 3.05) is 20.8 Å². The number of hydrogen-bond donors (Lipinski definition) is 1. The summed E-state index contributed by atoms with van der Waals surface area (Å²) in [5.74, 6) is 1.98. The molecule has 0 radical (unpaired) electrons. The van der Waals surface area contributed by atoms with E-state index >= 15 is 0 Å². The maximum atomic E-state index is 5.67. The van der Waals surface area contributed by atoms with Gasteiger partial charge in [-0.1, -0.05) is 6.92 Å². The minimum atomic E-state index is 0.314. The summed E-state index contributed by atoms with van der Waals surface area (Å²) in [6, 6.07) is 3.91. The first-order valence-corrected chi connectivity index (χ1v) is 5.06. The summed E-state index contributed by atoms with van der Waals surface area (Å²) in [4.78, 5) is 0. The third kappa shape index (κ3) is 2.42.